The highest BCUT2D eigenvalue weighted by Crippen LogP contribution is 2.31. The van der Waals surface area contributed by atoms with Crippen molar-refractivity contribution in [3.63, 3.8) is 0 Å². The van der Waals surface area contributed by atoms with Gasteiger partial charge in [-0.15, -0.1) is 0 Å². The van der Waals surface area contributed by atoms with Crippen molar-refractivity contribution >= 4 is 40.2 Å². The van der Waals surface area contributed by atoms with Gasteiger partial charge in [0.15, 0.2) is 18.1 Å². The van der Waals surface area contributed by atoms with Crippen molar-refractivity contribution in [1.29, 1.82) is 0 Å². The van der Waals surface area contributed by atoms with Crippen LogP contribution < -0.4 is 14.8 Å². The molecule has 2 aromatic rings. The number of hydrogen-bond donors (Lipinski definition) is 1. The molecule has 24 heavy (non-hydrogen) atoms. The number of anilines is 1. The molecule has 0 saturated heterocycles. The summed E-state index contributed by atoms with van der Waals surface area (Å²) < 4.78 is 16.3. The smallest absolute Gasteiger partial charge is 0.342 e. The second-order valence-corrected chi connectivity index (χ2v) is 5.81. The van der Waals surface area contributed by atoms with E-state index in [2.05, 4.69) is 27.9 Å². The van der Waals surface area contributed by atoms with Gasteiger partial charge >= 0.3 is 5.97 Å². The van der Waals surface area contributed by atoms with Crippen LogP contribution in [0.5, 0.6) is 11.5 Å². The molecule has 0 aliphatic rings. The average molecular weight is 441 g/mol. The van der Waals surface area contributed by atoms with Crippen LogP contribution in [0.4, 0.5) is 5.69 Å². The van der Waals surface area contributed by atoms with Crippen LogP contribution in [-0.2, 0) is 9.53 Å². The largest absolute Gasteiger partial charge is 0.493 e. The molecular weight excluding hydrogens is 425 g/mol. The third-order valence-electron chi connectivity index (χ3n) is 3.11. The van der Waals surface area contributed by atoms with E-state index in [-0.39, 0.29) is 11.3 Å². The maximum atomic E-state index is 12.2. The van der Waals surface area contributed by atoms with E-state index >= 15 is 0 Å². The first-order chi connectivity index (χ1) is 11.6. The molecule has 7 heteroatoms. The minimum Gasteiger partial charge on any atom is -0.493 e. The van der Waals surface area contributed by atoms with Gasteiger partial charge in [0, 0.05) is 3.57 Å². The molecule has 0 aliphatic heterocycles. The predicted octanol–water partition coefficient (Wildman–Crippen LogP) is 3.10. The molecule has 2 aromatic carbocycles. The van der Waals surface area contributed by atoms with Gasteiger partial charge < -0.3 is 19.5 Å². The minimum atomic E-state index is -0.663. The van der Waals surface area contributed by atoms with Crippen molar-refractivity contribution in [3.05, 3.63) is 51.6 Å². The number of para-hydroxylation sites is 2. The summed E-state index contributed by atoms with van der Waals surface area (Å²) in [6.07, 6.45) is 0. The Morgan fingerprint density at radius 2 is 1.79 bits per heavy atom. The number of carbonyl (C=O) groups excluding carboxylic acids is 2. The molecule has 1 amide bonds. The molecule has 6 nitrogen and oxygen atoms in total. The molecule has 0 unspecified atom stereocenters. The molecular formula is C17H16INO5. The summed E-state index contributed by atoms with van der Waals surface area (Å²) >= 11 is 2.11. The minimum absolute atomic E-state index is 0.193. The molecule has 0 saturated carbocycles. The monoisotopic (exact) mass is 441 g/mol. The summed E-state index contributed by atoms with van der Waals surface area (Å²) in [5, 5.41) is 2.69. The molecule has 0 fully saturated rings. The fourth-order valence-corrected chi connectivity index (χ4v) is 2.53. The van der Waals surface area contributed by atoms with Gasteiger partial charge in [0.25, 0.3) is 5.91 Å². The van der Waals surface area contributed by atoms with Crippen molar-refractivity contribution in [2.75, 3.05) is 26.1 Å². The Labute approximate surface area is 153 Å². The Hall–Kier alpha value is -2.29. The molecule has 2 rings (SSSR count). The molecule has 1 N–H and O–H groups in total. The van der Waals surface area contributed by atoms with E-state index in [0.717, 1.165) is 3.57 Å². The summed E-state index contributed by atoms with van der Waals surface area (Å²) in [5.41, 5.74) is 0.858. The average Bonchev–Trinajstić information content (AvgIpc) is 2.60. The molecule has 0 spiro atoms. The highest BCUT2D eigenvalue weighted by Gasteiger charge is 2.18. The summed E-state index contributed by atoms with van der Waals surface area (Å²) in [6, 6.07) is 12.2. The maximum absolute atomic E-state index is 12.2. The zero-order valence-electron chi connectivity index (χ0n) is 13.2. The Morgan fingerprint density at radius 1 is 1.04 bits per heavy atom. The highest BCUT2D eigenvalue weighted by molar-refractivity contribution is 14.1. The first-order valence-corrected chi connectivity index (χ1v) is 8.07. The van der Waals surface area contributed by atoms with Crippen LogP contribution in [0.1, 0.15) is 10.4 Å². The number of hydrogen-bond acceptors (Lipinski definition) is 5. The van der Waals surface area contributed by atoms with Crippen molar-refractivity contribution < 1.29 is 23.8 Å². The third-order valence-corrected chi connectivity index (χ3v) is 4.05. The molecule has 0 heterocycles. The second-order valence-electron chi connectivity index (χ2n) is 4.65. The first-order valence-electron chi connectivity index (χ1n) is 6.99. The number of esters is 1. The molecule has 0 radical (unpaired) electrons. The lowest BCUT2D eigenvalue weighted by atomic mass is 10.2. The van der Waals surface area contributed by atoms with Gasteiger partial charge in [-0.1, -0.05) is 18.2 Å². The topological polar surface area (TPSA) is 73.9 Å². The van der Waals surface area contributed by atoms with Crippen LogP contribution >= 0.6 is 22.6 Å². The SMILES string of the molecule is COc1cccc(C(=O)OCC(=O)Nc2ccccc2I)c1OC. The first kappa shape index (κ1) is 18.1. The van der Waals surface area contributed by atoms with Gasteiger partial charge in [-0.2, -0.15) is 0 Å². The number of benzene rings is 2. The Kier molecular flexibility index (Phi) is 6.42. The van der Waals surface area contributed by atoms with E-state index in [4.69, 9.17) is 14.2 Å². The Morgan fingerprint density at radius 3 is 2.46 bits per heavy atom. The molecule has 0 aliphatic carbocycles. The predicted molar refractivity (Wildman–Crippen MR) is 97.6 cm³/mol. The maximum Gasteiger partial charge on any atom is 0.342 e. The summed E-state index contributed by atoms with van der Waals surface area (Å²) in [4.78, 5) is 24.1. The fourth-order valence-electron chi connectivity index (χ4n) is 2.01. The lowest BCUT2D eigenvalue weighted by molar-refractivity contribution is -0.119. The van der Waals surface area contributed by atoms with E-state index in [1.807, 2.05) is 18.2 Å². The van der Waals surface area contributed by atoms with Crippen molar-refractivity contribution in [2.24, 2.45) is 0 Å². The number of ether oxygens (including phenoxy) is 3. The van der Waals surface area contributed by atoms with Crippen molar-refractivity contribution in [2.45, 2.75) is 0 Å². The van der Waals surface area contributed by atoms with Crippen molar-refractivity contribution in [3.8, 4) is 11.5 Å². The molecule has 0 bridgehead atoms. The quantitative estimate of drug-likeness (QED) is 0.551. The summed E-state index contributed by atoms with van der Waals surface area (Å²) in [6.45, 7) is -0.399. The van der Waals surface area contributed by atoms with Gasteiger partial charge in [-0.05, 0) is 46.9 Å². The van der Waals surface area contributed by atoms with E-state index in [1.165, 1.54) is 14.2 Å². The second kappa shape index (κ2) is 8.53. The highest BCUT2D eigenvalue weighted by atomic mass is 127. The number of halogens is 1. The molecule has 0 aromatic heterocycles. The standard InChI is InChI=1S/C17H16INO5/c1-22-14-9-5-6-11(16(14)23-2)17(21)24-10-15(20)19-13-8-4-3-7-12(13)18/h3-9H,10H2,1-2H3,(H,19,20). The number of methoxy groups -OCH3 is 2. The van der Waals surface area contributed by atoms with Crippen LogP contribution in [0.25, 0.3) is 0 Å². The zero-order valence-corrected chi connectivity index (χ0v) is 15.3. The number of rotatable bonds is 6. The van der Waals surface area contributed by atoms with Crippen LogP contribution in [0.3, 0.4) is 0 Å². The van der Waals surface area contributed by atoms with Gasteiger partial charge in [-0.25, -0.2) is 4.79 Å². The number of carbonyl (C=O) groups is 2. The van der Waals surface area contributed by atoms with E-state index in [1.54, 1.807) is 24.3 Å². The summed E-state index contributed by atoms with van der Waals surface area (Å²) in [7, 11) is 2.90. The van der Waals surface area contributed by atoms with E-state index < -0.39 is 18.5 Å². The van der Waals surface area contributed by atoms with Crippen LogP contribution in [0.2, 0.25) is 0 Å². The van der Waals surface area contributed by atoms with E-state index in [0.29, 0.717) is 11.4 Å². The van der Waals surface area contributed by atoms with Crippen LogP contribution in [-0.4, -0.2) is 32.7 Å². The Balaban J connectivity index is 2.01. The lowest BCUT2D eigenvalue weighted by Gasteiger charge is -2.12. The van der Waals surface area contributed by atoms with Gasteiger partial charge in [0.05, 0.1) is 19.9 Å². The van der Waals surface area contributed by atoms with Crippen LogP contribution in [0, 0.1) is 3.57 Å². The molecule has 126 valence electrons. The van der Waals surface area contributed by atoms with Crippen molar-refractivity contribution in [1.82, 2.24) is 0 Å². The van der Waals surface area contributed by atoms with Gasteiger partial charge in [0.1, 0.15) is 5.56 Å². The lowest BCUT2D eigenvalue weighted by Crippen LogP contribution is -2.21. The number of amides is 1. The molecule has 0 atom stereocenters. The van der Waals surface area contributed by atoms with Crippen LogP contribution in [0.15, 0.2) is 42.5 Å². The zero-order chi connectivity index (χ0) is 17.5. The van der Waals surface area contributed by atoms with E-state index in [9.17, 15) is 9.59 Å². The summed E-state index contributed by atoms with van der Waals surface area (Å²) in [5.74, 6) is -0.406. The number of nitrogens with one attached hydrogen (secondary N) is 1. The fraction of sp³-hybridized carbons (Fsp3) is 0.176. The van der Waals surface area contributed by atoms with Gasteiger partial charge in [-0.3, -0.25) is 4.79 Å². The normalized spacial score (nSPS) is 9.96. The third kappa shape index (κ3) is 4.38. The Bertz CT molecular complexity index is 748. The van der Waals surface area contributed by atoms with Gasteiger partial charge in [0.2, 0.25) is 0 Å².